The van der Waals surface area contributed by atoms with Gasteiger partial charge in [-0.1, -0.05) is 11.6 Å². The van der Waals surface area contributed by atoms with Gasteiger partial charge in [0.05, 0.1) is 0 Å². The fourth-order valence-electron chi connectivity index (χ4n) is 1.31. The highest BCUT2D eigenvalue weighted by atomic mass is 35.5. The van der Waals surface area contributed by atoms with Gasteiger partial charge in [0.15, 0.2) is 5.65 Å². The van der Waals surface area contributed by atoms with Crippen molar-refractivity contribution >= 4 is 17.2 Å². The van der Waals surface area contributed by atoms with Gasteiger partial charge >= 0.3 is 0 Å². The van der Waals surface area contributed by atoms with Gasteiger partial charge in [0.25, 0.3) is 0 Å². The van der Waals surface area contributed by atoms with E-state index in [1.807, 2.05) is 18.5 Å². The zero-order chi connectivity index (χ0) is 10.8. The van der Waals surface area contributed by atoms with E-state index >= 15 is 0 Å². The van der Waals surface area contributed by atoms with E-state index in [1.165, 1.54) is 0 Å². The van der Waals surface area contributed by atoms with E-state index in [4.69, 9.17) is 11.6 Å². The van der Waals surface area contributed by atoms with Crippen molar-refractivity contribution < 1.29 is 0 Å². The average Bonchev–Trinajstić information content (AvgIpc) is 2.57. The molecule has 0 amide bonds. The van der Waals surface area contributed by atoms with Gasteiger partial charge in [0, 0.05) is 19.0 Å². The standard InChI is InChI=1S/C9H12ClN5/c1-14(2)4-3-8-12-13-9-5-7(10)11-6-15(8)9/h5-6H,3-4H2,1-2H3. The van der Waals surface area contributed by atoms with Crippen LogP contribution in [0.1, 0.15) is 5.82 Å². The van der Waals surface area contributed by atoms with Crippen LogP contribution in [0.25, 0.3) is 5.65 Å². The lowest BCUT2D eigenvalue weighted by Crippen LogP contribution is -2.16. The molecule has 0 bridgehead atoms. The molecule has 0 fully saturated rings. The lowest BCUT2D eigenvalue weighted by Gasteiger charge is -2.07. The maximum absolute atomic E-state index is 5.75. The van der Waals surface area contributed by atoms with E-state index in [9.17, 15) is 0 Å². The van der Waals surface area contributed by atoms with Gasteiger partial charge < -0.3 is 4.90 Å². The molecule has 0 aliphatic carbocycles. The van der Waals surface area contributed by atoms with Gasteiger partial charge in [0.1, 0.15) is 17.3 Å². The van der Waals surface area contributed by atoms with Crippen molar-refractivity contribution in [2.45, 2.75) is 6.42 Å². The number of hydrogen-bond donors (Lipinski definition) is 0. The molecular formula is C9H12ClN5. The van der Waals surface area contributed by atoms with Crippen LogP contribution in [0, 0.1) is 0 Å². The number of likely N-dealkylation sites (N-methyl/N-ethyl adjacent to an activating group) is 1. The summed E-state index contributed by atoms with van der Waals surface area (Å²) in [7, 11) is 4.05. The highest BCUT2D eigenvalue weighted by molar-refractivity contribution is 6.29. The van der Waals surface area contributed by atoms with Crippen LogP contribution < -0.4 is 0 Å². The Labute approximate surface area is 92.7 Å². The van der Waals surface area contributed by atoms with Gasteiger partial charge in [-0.2, -0.15) is 0 Å². The van der Waals surface area contributed by atoms with E-state index in [-0.39, 0.29) is 0 Å². The first-order valence-electron chi connectivity index (χ1n) is 4.66. The summed E-state index contributed by atoms with van der Waals surface area (Å²) in [6, 6.07) is 1.70. The summed E-state index contributed by atoms with van der Waals surface area (Å²) in [6.45, 7) is 0.934. The highest BCUT2D eigenvalue weighted by Gasteiger charge is 2.06. The van der Waals surface area contributed by atoms with Crippen molar-refractivity contribution in [1.82, 2.24) is 24.5 Å². The van der Waals surface area contributed by atoms with Crippen LogP contribution in [-0.2, 0) is 6.42 Å². The molecule has 2 heterocycles. The predicted molar refractivity (Wildman–Crippen MR) is 58.1 cm³/mol. The molecule has 0 saturated heterocycles. The maximum atomic E-state index is 5.75. The maximum Gasteiger partial charge on any atom is 0.165 e. The van der Waals surface area contributed by atoms with Crippen molar-refractivity contribution in [3.8, 4) is 0 Å². The fraction of sp³-hybridized carbons (Fsp3) is 0.444. The third kappa shape index (κ3) is 2.24. The largest absolute Gasteiger partial charge is 0.309 e. The zero-order valence-corrected chi connectivity index (χ0v) is 9.44. The SMILES string of the molecule is CN(C)CCc1nnc2cc(Cl)ncn12. The third-order valence-electron chi connectivity index (χ3n) is 2.12. The second-order valence-corrected chi connectivity index (χ2v) is 4.00. The van der Waals surface area contributed by atoms with Crippen molar-refractivity contribution in [3.05, 3.63) is 23.4 Å². The minimum absolute atomic E-state index is 0.439. The fourth-order valence-corrected chi connectivity index (χ4v) is 1.45. The monoisotopic (exact) mass is 225 g/mol. The summed E-state index contributed by atoms with van der Waals surface area (Å²) in [5.74, 6) is 0.905. The first kappa shape index (κ1) is 10.3. The Bertz CT molecular complexity index is 464. The lowest BCUT2D eigenvalue weighted by atomic mass is 10.4. The Morgan fingerprint density at radius 2 is 2.20 bits per heavy atom. The van der Waals surface area contributed by atoms with Crippen molar-refractivity contribution in [2.75, 3.05) is 20.6 Å². The van der Waals surface area contributed by atoms with Gasteiger partial charge in [-0.3, -0.25) is 4.40 Å². The van der Waals surface area contributed by atoms with Crippen molar-refractivity contribution in [3.63, 3.8) is 0 Å². The molecular weight excluding hydrogens is 214 g/mol. The molecule has 0 spiro atoms. The smallest absolute Gasteiger partial charge is 0.165 e. The molecule has 0 radical (unpaired) electrons. The van der Waals surface area contributed by atoms with Gasteiger partial charge in [0.2, 0.25) is 0 Å². The summed E-state index contributed by atoms with van der Waals surface area (Å²) in [6.07, 6.45) is 2.50. The van der Waals surface area contributed by atoms with E-state index in [1.54, 1.807) is 12.4 Å². The van der Waals surface area contributed by atoms with Gasteiger partial charge in [-0.25, -0.2) is 4.98 Å². The second-order valence-electron chi connectivity index (χ2n) is 3.61. The minimum atomic E-state index is 0.439. The molecule has 0 aromatic carbocycles. The van der Waals surface area contributed by atoms with Crippen LogP contribution in [0.15, 0.2) is 12.4 Å². The van der Waals surface area contributed by atoms with Crippen LogP contribution in [0.2, 0.25) is 5.15 Å². The second kappa shape index (κ2) is 4.12. The normalized spacial score (nSPS) is 11.5. The summed E-state index contributed by atoms with van der Waals surface area (Å²) in [4.78, 5) is 6.10. The predicted octanol–water partition coefficient (Wildman–Crippen LogP) is 0.882. The number of aromatic nitrogens is 4. The molecule has 15 heavy (non-hydrogen) atoms. The van der Waals surface area contributed by atoms with E-state index in [0.29, 0.717) is 5.15 Å². The van der Waals surface area contributed by atoms with Gasteiger partial charge in [-0.15, -0.1) is 10.2 Å². The third-order valence-corrected chi connectivity index (χ3v) is 2.33. The number of nitrogens with zero attached hydrogens (tertiary/aromatic N) is 5. The lowest BCUT2D eigenvalue weighted by molar-refractivity contribution is 0.409. The Morgan fingerprint density at radius 1 is 1.40 bits per heavy atom. The minimum Gasteiger partial charge on any atom is -0.309 e. The Balaban J connectivity index is 2.29. The molecule has 6 heteroatoms. The van der Waals surface area contributed by atoms with Gasteiger partial charge in [-0.05, 0) is 14.1 Å². The highest BCUT2D eigenvalue weighted by Crippen LogP contribution is 2.08. The molecule has 0 aliphatic heterocycles. The summed E-state index contributed by atoms with van der Waals surface area (Å²) >= 11 is 5.75. The molecule has 0 saturated carbocycles. The molecule has 0 atom stereocenters. The number of halogens is 1. The Hall–Kier alpha value is -1.20. The van der Waals surface area contributed by atoms with E-state index in [0.717, 1.165) is 24.4 Å². The van der Waals surface area contributed by atoms with E-state index in [2.05, 4.69) is 20.1 Å². The molecule has 2 aromatic heterocycles. The first-order chi connectivity index (χ1) is 7.16. The summed E-state index contributed by atoms with van der Waals surface area (Å²) in [5, 5.41) is 8.56. The van der Waals surface area contributed by atoms with E-state index < -0.39 is 0 Å². The van der Waals surface area contributed by atoms with Crippen LogP contribution in [0.4, 0.5) is 0 Å². The molecule has 5 nitrogen and oxygen atoms in total. The Kier molecular flexibility index (Phi) is 2.83. The van der Waals surface area contributed by atoms with Crippen LogP contribution in [0.5, 0.6) is 0 Å². The number of fused-ring (bicyclic) bond motifs is 1. The van der Waals surface area contributed by atoms with Crippen LogP contribution in [0.3, 0.4) is 0 Å². The molecule has 2 aromatic rings. The van der Waals surface area contributed by atoms with Crippen molar-refractivity contribution in [1.29, 1.82) is 0 Å². The molecule has 80 valence electrons. The van der Waals surface area contributed by atoms with Crippen LogP contribution >= 0.6 is 11.6 Å². The molecule has 0 N–H and O–H groups in total. The summed E-state index contributed by atoms with van der Waals surface area (Å²) < 4.78 is 1.86. The summed E-state index contributed by atoms with van der Waals surface area (Å²) in [5.41, 5.74) is 0.740. The average molecular weight is 226 g/mol. The number of hydrogen-bond acceptors (Lipinski definition) is 4. The molecule has 0 aliphatic rings. The van der Waals surface area contributed by atoms with Crippen molar-refractivity contribution in [2.24, 2.45) is 0 Å². The number of rotatable bonds is 3. The first-order valence-corrected chi connectivity index (χ1v) is 5.04. The zero-order valence-electron chi connectivity index (χ0n) is 8.68. The molecule has 2 rings (SSSR count). The van der Waals surface area contributed by atoms with Crippen LogP contribution in [-0.4, -0.2) is 45.1 Å². The quantitative estimate of drug-likeness (QED) is 0.728. The molecule has 0 unspecified atom stereocenters. The Morgan fingerprint density at radius 3 is 2.93 bits per heavy atom. The topological polar surface area (TPSA) is 46.3 Å².